The van der Waals surface area contributed by atoms with Gasteiger partial charge in [0.2, 0.25) is 5.91 Å². The predicted octanol–water partition coefficient (Wildman–Crippen LogP) is 3.48. The third-order valence-corrected chi connectivity index (χ3v) is 5.24. The van der Waals surface area contributed by atoms with E-state index in [9.17, 15) is 9.59 Å². The average Bonchev–Trinajstić information content (AvgIpc) is 2.62. The molecule has 0 spiro atoms. The number of anilines is 1. The SMILES string of the molecule is CC1Sc2ccc(C(=O)NC(C)c3ccc(C#N)cc3)cc2NC1=O. The van der Waals surface area contributed by atoms with E-state index < -0.39 is 0 Å². The molecular weight excluding hydrogens is 334 g/mol. The molecule has 0 fully saturated rings. The molecule has 0 saturated carbocycles. The zero-order chi connectivity index (χ0) is 18.0. The third-order valence-electron chi connectivity index (χ3n) is 4.06. The van der Waals surface area contributed by atoms with Crippen molar-refractivity contribution in [1.29, 1.82) is 5.26 Å². The quantitative estimate of drug-likeness (QED) is 0.887. The van der Waals surface area contributed by atoms with Gasteiger partial charge in [0, 0.05) is 10.5 Å². The van der Waals surface area contributed by atoms with Crippen molar-refractivity contribution in [2.75, 3.05) is 5.32 Å². The largest absolute Gasteiger partial charge is 0.346 e. The number of hydrogen-bond acceptors (Lipinski definition) is 4. The Hall–Kier alpha value is -2.78. The van der Waals surface area contributed by atoms with Crippen LogP contribution in [0.5, 0.6) is 0 Å². The van der Waals surface area contributed by atoms with Crippen molar-refractivity contribution in [2.24, 2.45) is 0 Å². The molecule has 2 unspecified atom stereocenters. The van der Waals surface area contributed by atoms with Crippen LogP contribution in [0, 0.1) is 11.3 Å². The highest BCUT2D eigenvalue weighted by Crippen LogP contribution is 2.36. The van der Waals surface area contributed by atoms with Crippen LogP contribution in [0.15, 0.2) is 47.4 Å². The number of nitrogens with zero attached hydrogens (tertiary/aromatic N) is 1. The Balaban J connectivity index is 1.74. The Morgan fingerprint density at radius 3 is 2.68 bits per heavy atom. The summed E-state index contributed by atoms with van der Waals surface area (Å²) in [5.74, 6) is -0.265. The number of benzene rings is 2. The summed E-state index contributed by atoms with van der Waals surface area (Å²) in [5, 5.41) is 14.5. The highest BCUT2D eigenvalue weighted by atomic mass is 32.2. The van der Waals surface area contributed by atoms with Gasteiger partial charge < -0.3 is 10.6 Å². The summed E-state index contributed by atoms with van der Waals surface area (Å²) in [5.41, 5.74) is 2.67. The number of carbonyl (C=O) groups excluding carboxylic acids is 2. The maximum absolute atomic E-state index is 12.5. The number of amides is 2. The Bertz CT molecular complexity index is 871. The predicted molar refractivity (Wildman–Crippen MR) is 97.4 cm³/mol. The summed E-state index contributed by atoms with van der Waals surface area (Å²) in [6.07, 6.45) is 0. The van der Waals surface area contributed by atoms with Crippen molar-refractivity contribution in [3.63, 3.8) is 0 Å². The first-order valence-corrected chi connectivity index (χ1v) is 8.78. The Morgan fingerprint density at radius 2 is 2.00 bits per heavy atom. The minimum atomic E-state index is -0.211. The molecule has 126 valence electrons. The minimum absolute atomic E-state index is 0.0546. The van der Waals surface area contributed by atoms with Crippen molar-refractivity contribution >= 4 is 29.3 Å². The van der Waals surface area contributed by atoms with Crippen molar-refractivity contribution in [3.05, 3.63) is 59.2 Å². The standard InChI is InChI=1S/C19H17N3O2S/c1-11(14-5-3-13(10-20)4-6-14)21-19(24)15-7-8-17-16(9-15)22-18(23)12(2)25-17/h3-9,11-12H,1-2H3,(H,21,24)(H,22,23). The van der Waals surface area contributed by atoms with Crippen LogP contribution < -0.4 is 10.6 Å². The molecule has 25 heavy (non-hydrogen) atoms. The molecule has 0 saturated heterocycles. The number of fused-ring (bicyclic) bond motifs is 1. The molecule has 2 aromatic rings. The van der Waals surface area contributed by atoms with E-state index in [4.69, 9.17) is 5.26 Å². The zero-order valence-corrected chi connectivity index (χ0v) is 14.7. The Morgan fingerprint density at radius 1 is 1.28 bits per heavy atom. The molecule has 2 amide bonds. The van der Waals surface area contributed by atoms with Gasteiger partial charge >= 0.3 is 0 Å². The molecule has 3 rings (SSSR count). The molecule has 1 aliphatic rings. The van der Waals surface area contributed by atoms with E-state index in [0.717, 1.165) is 10.5 Å². The number of nitrogens with one attached hydrogen (secondary N) is 2. The Labute approximate surface area is 150 Å². The van der Waals surface area contributed by atoms with Gasteiger partial charge in [0.1, 0.15) is 0 Å². The van der Waals surface area contributed by atoms with Crippen LogP contribution >= 0.6 is 11.8 Å². The molecule has 5 nitrogen and oxygen atoms in total. The van der Waals surface area contributed by atoms with E-state index in [1.54, 1.807) is 24.3 Å². The fourth-order valence-electron chi connectivity index (χ4n) is 2.56. The molecule has 2 aromatic carbocycles. The van der Waals surface area contributed by atoms with E-state index in [-0.39, 0.29) is 23.1 Å². The zero-order valence-electron chi connectivity index (χ0n) is 13.9. The highest BCUT2D eigenvalue weighted by molar-refractivity contribution is 8.00. The van der Waals surface area contributed by atoms with Crippen molar-refractivity contribution in [1.82, 2.24) is 5.32 Å². The number of rotatable bonds is 3. The van der Waals surface area contributed by atoms with Gasteiger partial charge in [-0.2, -0.15) is 5.26 Å². The van der Waals surface area contributed by atoms with Gasteiger partial charge in [0.25, 0.3) is 5.91 Å². The smallest absolute Gasteiger partial charge is 0.251 e. The van der Waals surface area contributed by atoms with Gasteiger partial charge in [-0.15, -0.1) is 11.8 Å². The van der Waals surface area contributed by atoms with Crippen molar-refractivity contribution in [3.8, 4) is 6.07 Å². The highest BCUT2D eigenvalue weighted by Gasteiger charge is 2.24. The van der Waals surface area contributed by atoms with E-state index in [2.05, 4.69) is 16.7 Å². The Kier molecular flexibility index (Phi) is 4.77. The maximum atomic E-state index is 12.5. The lowest BCUT2D eigenvalue weighted by molar-refractivity contribution is -0.115. The molecule has 6 heteroatoms. The number of carbonyl (C=O) groups is 2. The first-order chi connectivity index (χ1) is 12.0. The van der Waals surface area contributed by atoms with Gasteiger partial charge in [-0.3, -0.25) is 9.59 Å². The van der Waals surface area contributed by atoms with E-state index >= 15 is 0 Å². The van der Waals surface area contributed by atoms with Crippen LogP contribution in [0.3, 0.4) is 0 Å². The summed E-state index contributed by atoms with van der Waals surface area (Å²) in [6, 6.07) is 14.3. The second-order valence-electron chi connectivity index (χ2n) is 5.89. The van der Waals surface area contributed by atoms with E-state index in [1.165, 1.54) is 11.8 Å². The van der Waals surface area contributed by atoms with Crippen LogP contribution in [0.25, 0.3) is 0 Å². The van der Waals surface area contributed by atoms with Gasteiger partial charge in [-0.05, 0) is 49.7 Å². The summed E-state index contributed by atoms with van der Waals surface area (Å²) >= 11 is 1.48. The van der Waals surface area contributed by atoms with Crippen LogP contribution in [0.4, 0.5) is 5.69 Å². The summed E-state index contributed by atoms with van der Waals surface area (Å²) in [7, 11) is 0. The van der Waals surface area contributed by atoms with Gasteiger partial charge in [0.15, 0.2) is 0 Å². The van der Waals surface area contributed by atoms with Gasteiger partial charge in [0.05, 0.1) is 28.6 Å². The average molecular weight is 351 g/mol. The topological polar surface area (TPSA) is 82.0 Å². The summed E-state index contributed by atoms with van der Waals surface area (Å²) < 4.78 is 0. The maximum Gasteiger partial charge on any atom is 0.251 e. The van der Waals surface area contributed by atoms with Gasteiger partial charge in [-0.1, -0.05) is 12.1 Å². The minimum Gasteiger partial charge on any atom is -0.346 e. The molecule has 1 heterocycles. The normalized spacial score (nSPS) is 17.0. The number of hydrogen-bond donors (Lipinski definition) is 2. The molecule has 0 radical (unpaired) electrons. The lowest BCUT2D eigenvalue weighted by atomic mass is 10.1. The van der Waals surface area contributed by atoms with E-state index in [0.29, 0.717) is 16.8 Å². The van der Waals surface area contributed by atoms with Crippen LogP contribution in [0.2, 0.25) is 0 Å². The summed E-state index contributed by atoms with van der Waals surface area (Å²) in [6.45, 7) is 3.74. The second-order valence-corrected chi connectivity index (χ2v) is 7.27. The van der Waals surface area contributed by atoms with Crippen molar-refractivity contribution in [2.45, 2.75) is 30.0 Å². The van der Waals surface area contributed by atoms with Crippen LogP contribution in [0.1, 0.15) is 41.4 Å². The summed E-state index contributed by atoms with van der Waals surface area (Å²) in [4.78, 5) is 25.3. The van der Waals surface area contributed by atoms with Crippen molar-refractivity contribution < 1.29 is 9.59 Å². The third kappa shape index (κ3) is 3.67. The second kappa shape index (κ2) is 6.99. The first kappa shape index (κ1) is 17.1. The van der Waals surface area contributed by atoms with Crippen LogP contribution in [-0.4, -0.2) is 17.1 Å². The fraction of sp³-hybridized carbons (Fsp3) is 0.211. The van der Waals surface area contributed by atoms with E-state index in [1.807, 2.05) is 32.0 Å². The molecule has 2 N–H and O–H groups in total. The molecule has 0 bridgehead atoms. The van der Waals surface area contributed by atoms with Crippen LogP contribution in [-0.2, 0) is 4.79 Å². The lowest BCUT2D eigenvalue weighted by Gasteiger charge is -2.22. The number of nitriles is 1. The first-order valence-electron chi connectivity index (χ1n) is 7.90. The lowest BCUT2D eigenvalue weighted by Crippen LogP contribution is -2.28. The monoisotopic (exact) mass is 351 g/mol. The fourth-order valence-corrected chi connectivity index (χ4v) is 3.49. The number of thioether (sulfide) groups is 1. The van der Waals surface area contributed by atoms with Gasteiger partial charge in [-0.25, -0.2) is 0 Å². The molecule has 1 aliphatic heterocycles. The molecule has 2 atom stereocenters. The molecular formula is C19H17N3O2S. The molecule has 0 aromatic heterocycles. The molecule has 0 aliphatic carbocycles.